The molecule has 120 valence electrons. The average molecular weight is 309 g/mol. The zero-order valence-electron chi connectivity index (χ0n) is 13.6. The zero-order chi connectivity index (χ0) is 15.6. The molecule has 0 amide bonds. The minimum atomic E-state index is 0.832. The lowest BCUT2D eigenvalue weighted by atomic mass is 9.86. The second kappa shape index (κ2) is 6.20. The summed E-state index contributed by atoms with van der Waals surface area (Å²) in [5, 5.41) is 4.40. The Hall–Kier alpha value is -2.07. The lowest BCUT2D eigenvalue weighted by molar-refractivity contribution is 0.312. The molecule has 0 unspecified atom stereocenters. The second-order valence-corrected chi connectivity index (χ2v) is 6.60. The van der Waals surface area contributed by atoms with Crippen molar-refractivity contribution in [1.29, 1.82) is 0 Å². The van der Waals surface area contributed by atoms with Crippen molar-refractivity contribution in [2.75, 3.05) is 20.2 Å². The van der Waals surface area contributed by atoms with E-state index in [0.29, 0.717) is 0 Å². The number of ether oxygens (including phenoxy) is 1. The van der Waals surface area contributed by atoms with Crippen LogP contribution in [-0.4, -0.2) is 34.9 Å². The highest BCUT2D eigenvalue weighted by Crippen LogP contribution is 2.34. The van der Waals surface area contributed by atoms with E-state index in [1.165, 1.54) is 31.5 Å². The molecule has 0 radical (unpaired) electrons. The molecule has 0 spiro atoms. The lowest BCUT2D eigenvalue weighted by Crippen LogP contribution is -2.21. The van der Waals surface area contributed by atoms with E-state index in [2.05, 4.69) is 34.3 Å². The van der Waals surface area contributed by atoms with Crippen LogP contribution in [0.1, 0.15) is 18.4 Å². The summed E-state index contributed by atoms with van der Waals surface area (Å²) in [5.74, 6) is 2.58. The number of methoxy groups -OCH3 is 1. The van der Waals surface area contributed by atoms with Gasteiger partial charge in [0.1, 0.15) is 5.75 Å². The minimum Gasteiger partial charge on any atom is -0.497 e. The van der Waals surface area contributed by atoms with Gasteiger partial charge in [-0.05, 0) is 54.5 Å². The first-order valence-corrected chi connectivity index (χ1v) is 8.38. The van der Waals surface area contributed by atoms with Gasteiger partial charge in [-0.15, -0.1) is 0 Å². The van der Waals surface area contributed by atoms with E-state index >= 15 is 0 Å². The lowest BCUT2D eigenvalue weighted by Gasteiger charge is -2.19. The molecule has 1 fully saturated rings. The number of benzene rings is 1. The average Bonchev–Trinajstić information content (AvgIpc) is 3.23. The van der Waals surface area contributed by atoms with Gasteiger partial charge in [-0.25, -0.2) is 4.68 Å². The number of nitrogens with zero attached hydrogens (tertiary/aromatic N) is 3. The van der Waals surface area contributed by atoms with Gasteiger partial charge in [0.25, 0.3) is 0 Å². The number of rotatable bonds is 4. The number of hydrogen-bond donors (Lipinski definition) is 0. The van der Waals surface area contributed by atoms with Gasteiger partial charge in [0.15, 0.2) is 0 Å². The summed E-state index contributed by atoms with van der Waals surface area (Å²) in [6.07, 6.45) is 11.0. The van der Waals surface area contributed by atoms with Crippen LogP contribution in [0.3, 0.4) is 0 Å². The first-order chi connectivity index (χ1) is 11.3. The fraction of sp³-hybridized carbons (Fsp3) is 0.421. The van der Waals surface area contributed by atoms with Gasteiger partial charge in [0.2, 0.25) is 0 Å². The van der Waals surface area contributed by atoms with Crippen molar-refractivity contribution in [2.24, 2.45) is 11.8 Å². The Bertz CT molecular complexity index is 677. The van der Waals surface area contributed by atoms with Gasteiger partial charge in [-0.3, -0.25) is 4.90 Å². The Kier molecular flexibility index (Phi) is 3.92. The summed E-state index contributed by atoms with van der Waals surface area (Å²) in [4.78, 5) is 2.59. The molecule has 1 aliphatic carbocycles. The first kappa shape index (κ1) is 14.5. The zero-order valence-corrected chi connectivity index (χ0v) is 13.6. The van der Waals surface area contributed by atoms with E-state index < -0.39 is 0 Å². The van der Waals surface area contributed by atoms with Crippen LogP contribution in [0.4, 0.5) is 0 Å². The second-order valence-electron chi connectivity index (χ2n) is 6.60. The monoisotopic (exact) mass is 309 g/mol. The summed E-state index contributed by atoms with van der Waals surface area (Å²) in [5.41, 5.74) is 2.42. The molecule has 0 N–H and O–H groups in total. The highest BCUT2D eigenvalue weighted by molar-refractivity contribution is 5.45. The molecule has 2 heterocycles. The van der Waals surface area contributed by atoms with Crippen LogP contribution >= 0.6 is 0 Å². The maximum atomic E-state index is 5.43. The summed E-state index contributed by atoms with van der Waals surface area (Å²) < 4.78 is 7.37. The van der Waals surface area contributed by atoms with Crippen molar-refractivity contribution in [3.63, 3.8) is 0 Å². The van der Waals surface area contributed by atoms with E-state index in [1.807, 2.05) is 29.2 Å². The molecule has 4 heteroatoms. The molecular formula is C19H23N3O. The standard InChI is InChI=1S/C19H23N3O/c1-23-18-7-8-19(22-10-4-9-20-22)17(11-18)14-21-12-15-5-2-3-6-16(15)13-21/h2-4,7-11,15-16H,5-6,12-14H2,1H3/t15-,16+. The molecule has 2 aliphatic rings. The van der Waals surface area contributed by atoms with Crippen LogP contribution < -0.4 is 4.74 Å². The van der Waals surface area contributed by atoms with Crippen LogP contribution in [0.15, 0.2) is 48.8 Å². The van der Waals surface area contributed by atoms with Crippen molar-refractivity contribution >= 4 is 0 Å². The topological polar surface area (TPSA) is 30.3 Å². The molecule has 1 aromatic carbocycles. The summed E-state index contributed by atoms with van der Waals surface area (Å²) in [6, 6.07) is 8.22. The predicted octanol–water partition coefficient (Wildman–Crippen LogP) is 3.28. The molecule has 1 saturated heterocycles. The summed E-state index contributed by atoms with van der Waals surface area (Å²) >= 11 is 0. The van der Waals surface area contributed by atoms with Gasteiger partial charge < -0.3 is 4.74 Å². The van der Waals surface area contributed by atoms with Gasteiger partial charge in [-0.2, -0.15) is 5.10 Å². The van der Waals surface area contributed by atoms with Crippen LogP contribution in [0, 0.1) is 11.8 Å². The summed E-state index contributed by atoms with van der Waals surface area (Å²) in [7, 11) is 1.72. The SMILES string of the molecule is COc1ccc(-n2cccn2)c(CN2C[C@H]3CC=CC[C@H]3C2)c1. The molecule has 4 rings (SSSR count). The molecule has 1 aliphatic heterocycles. The van der Waals surface area contributed by atoms with Crippen LogP contribution in [0.2, 0.25) is 0 Å². The largest absolute Gasteiger partial charge is 0.497 e. The minimum absolute atomic E-state index is 0.832. The predicted molar refractivity (Wildman–Crippen MR) is 90.7 cm³/mol. The fourth-order valence-corrected chi connectivity index (χ4v) is 3.93. The third-order valence-corrected chi connectivity index (χ3v) is 5.13. The fourth-order valence-electron chi connectivity index (χ4n) is 3.93. The van der Waals surface area contributed by atoms with Gasteiger partial charge in [0, 0.05) is 32.0 Å². The molecule has 1 aromatic heterocycles. The van der Waals surface area contributed by atoms with E-state index in [9.17, 15) is 0 Å². The third-order valence-electron chi connectivity index (χ3n) is 5.13. The van der Waals surface area contributed by atoms with Gasteiger partial charge in [-0.1, -0.05) is 12.2 Å². The van der Waals surface area contributed by atoms with Crippen molar-refractivity contribution in [3.05, 3.63) is 54.4 Å². The number of allylic oxidation sites excluding steroid dienone is 2. The molecule has 0 bridgehead atoms. The first-order valence-electron chi connectivity index (χ1n) is 8.38. The third kappa shape index (κ3) is 2.91. The number of likely N-dealkylation sites (tertiary alicyclic amines) is 1. The number of fused-ring (bicyclic) bond motifs is 1. The molecular weight excluding hydrogens is 286 g/mol. The van der Waals surface area contributed by atoms with Crippen LogP contribution in [0.25, 0.3) is 5.69 Å². The smallest absolute Gasteiger partial charge is 0.119 e. The van der Waals surface area contributed by atoms with Crippen LogP contribution in [0.5, 0.6) is 5.75 Å². The molecule has 4 nitrogen and oxygen atoms in total. The van der Waals surface area contributed by atoms with Crippen molar-refractivity contribution in [1.82, 2.24) is 14.7 Å². The Morgan fingerprint density at radius 3 is 2.61 bits per heavy atom. The molecule has 0 saturated carbocycles. The Labute approximate surface area is 137 Å². The molecule has 2 atom stereocenters. The quantitative estimate of drug-likeness (QED) is 0.812. The highest BCUT2D eigenvalue weighted by atomic mass is 16.5. The van der Waals surface area contributed by atoms with Crippen molar-refractivity contribution < 1.29 is 4.74 Å². The van der Waals surface area contributed by atoms with Crippen molar-refractivity contribution in [2.45, 2.75) is 19.4 Å². The van der Waals surface area contributed by atoms with E-state index in [4.69, 9.17) is 4.74 Å². The maximum Gasteiger partial charge on any atom is 0.119 e. The van der Waals surface area contributed by atoms with Crippen molar-refractivity contribution in [3.8, 4) is 11.4 Å². The number of aromatic nitrogens is 2. The van der Waals surface area contributed by atoms with Gasteiger partial charge in [0.05, 0.1) is 12.8 Å². The Morgan fingerprint density at radius 2 is 1.96 bits per heavy atom. The number of hydrogen-bond acceptors (Lipinski definition) is 3. The van der Waals surface area contributed by atoms with E-state index in [0.717, 1.165) is 29.8 Å². The van der Waals surface area contributed by atoms with E-state index in [-0.39, 0.29) is 0 Å². The van der Waals surface area contributed by atoms with E-state index in [1.54, 1.807) is 7.11 Å². The normalized spacial score (nSPS) is 23.9. The molecule has 2 aromatic rings. The Morgan fingerprint density at radius 1 is 1.17 bits per heavy atom. The Balaban J connectivity index is 1.58. The maximum absolute atomic E-state index is 5.43. The van der Waals surface area contributed by atoms with Crippen LogP contribution in [-0.2, 0) is 6.54 Å². The van der Waals surface area contributed by atoms with Gasteiger partial charge >= 0.3 is 0 Å². The highest BCUT2D eigenvalue weighted by Gasteiger charge is 2.32. The summed E-state index contributed by atoms with van der Waals surface area (Å²) in [6.45, 7) is 3.36. The molecule has 23 heavy (non-hydrogen) atoms.